The minimum atomic E-state index is -0.856. The van der Waals surface area contributed by atoms with E-state index in [0.717, 1.165) is 6.42 Å². The second kappa shape index (κ2) is 7.22. The summed E-state index contributed by atoms with van der Waals surface area (Å²) >= 11 is 0. The largest absolute Gasteiger partial charge is 0.355 e. The molecule has 94 valence electrons. The average Bonchev–Trinajstić information content (AvgIpc) is 2.32. The normalized spacial score (nSPS) is 11.0. The Morgan fingerprint density at radius 1 is 1.12 bits per heavy atom. The number of hydrogen-bond donors (Lipinski definition) is 3. The third kappa shape index (κ3) is 4.61. The van der Waals surface area contributed by atoms with Crippen LogP contribution in [0.15, 0.2) is 0 Å². The van der Waals surface area contributed by atoms with Gasteiger partial charge in [0, 0.05) is 6.54 Å². The quantitative estimate of drug-likeness (QED) is 0.581. The molecule has 0 aliphatic rings. The van der Waals surface area contributed by atoms with Crippen molar-refractivity contribution in [3.05, 3.63) is 0 Å². The molecule has 0 atom stereocenters. The molecule has 0 aromatic carbocycles. The van der Waals surface area contributed by atoms with E-state index in [2.05, 4.69) is 10.6 Å². The number of nitrogens with one attached hydrogen (secondary N) is 2. The van der Waals surface area contributed by atoms with Crippen LogP contribution in [0.3, 0.4) is 0 Å². The SMILES string of the molecule is CCCNC(=O)CNC(=O)C(N)(CC)CC. The summed E-state index contributed by atoms with van der Waals surface area (Å²) in [4.78, 5) is 22.9. The van der Waals surface area contributed by atoms with Gasteiger partial charge in [0.1, 0.15) is 0 Å². The van der Waals surface area contributed by atoms with Crippen LogP contribution in [0.5, 0.6) is 0 Å². The summed E-state index contributed by atoms with van der Waals surface area (Å²) in [6.07, 6.45) is 2.00. The van der Waals surface area contributed by atoms with Gasteiger partial charge in [-0.15, -0.1) is 0 Å². The van der Waals surface area contributed by atoms with E-state index in [9.17, 15) is 9.59 Å². The van der Waals surface area contributed by atoms with Gasteiger partial charge in [0.15, 0.2) is 0 Å². The fraction of sp³-hybridized carbons (Fsp3) is 0.818. The maximum Gasteiger partial charge on any atom is 0.240 e. The first-order valence-corrected chi connectivity index (χ1v) is 5.84. The summed E-state index contributed by atoms with van der Waals surface area (Å²) in [7, 11) is 0. The molecule has 0 unspecified atom stereocenters. The zero-order valence-electron chi connectivity index (χ0n) is 10.4. The summed E-state index contributed by atoms with van der Waals surface area (Å²) in [5, 5.41) is 5.24. The lowest BCUT2D eigenvalue weighted by Crippen LogP contribution is -2.54. The van der Waals surface area contributed by atoms with Gasteiger partial charge in [-0.1, -0.05) is 20.8 Å². The topological polar surface area (TPSA) is 84.2 Å². The first kappa shape index (κ1) is 14.9. The van der Waals surface area contributed by atoms with Crippen LogP contribution in [0.4, 0.5) is 0 Å². The molecule has 0 heterocycles. The van der Waals surface area contributed by atoms with E-state index in [4.69, 9.17) is 5.73 Å². The summed E-state index contributed by atoms with van der Waals surface area (Å²) in [6, 6.07) is 0. The van der Waals surface area contributed by atoms with Crippen molar-refractivity contribution in [2.24, 2.45) is 5.73 Å². The third-order valence-corrected chi connectivity index (χ3v) is 2.70. The number of carbonyl (C=O) groups is 2. The monoisotopic (exact) mass is 229 g/mol. The molecular formula is C11H23N3O2. The minimum Gasteiger partial charge on any atom is -0.355 e. The van der Waals surface area contributed by atoms with Crippen molar-refractivity contribution in [2.45, 2.75) is 45.6 Å². The van der Waals surface area contributed by atoms with Crippen molar-refractivity contribution in [1.82, 2.24) is 10.6 Å². The second-order valence-electron chi connectivity index (χ2n) is 3.90. The van der Waals surface area contributed by atoms with Gasteiger partial charge < -0.3 is 16.4 Å². The molecule has 0 aromatic rings. The molecule has 4 N–H and O–H groups in total. The lowest BCUT2D eigenvalue weighted by molar-refractivity contribution is -0.129. The Morgan fingerprint density at radius 2 is 1.69 bits per heavy atom. The molecule has 0 fully saturated rings. The summed E-state index contributed by atoms with van der Waals surface area (Å²) < 4.78 is 0. The first-order chi connectivity index (χ1) is 7.50. The van der Waals surface area contributed by atoms with Gasteiger partial charge in [-0.05, 0) is 19.3 Å². The highest BCUT2D eigenvalue weighted by Crippen LogP contribution is 2.10. The van der Waals surface area contributed by atoms with E-state index in [-0.39, 0.29) is 18.4 Å². The predicted octanol–water partition coefficient (Wildman–Crippen LogP) is 0.146. The molecule has 0 saturated heterocycles. The predicted molar refractivity (Wildman–Crippen MR) is 63.8 cm³/mol. The van der Waals surface area contributed by atoms with Crippen LogP contribution in [-0.4, -0.2) is 30.4 Å². The highest BCUT2D eigenvalue weighted by molar-refractivity contribution is 5.90. The van der Waals surface area contributed by atoms with E-state index in [1.807, 2.05) is 20.8 Å². The van der Waals surface area contributed by atoms with E-state index >= 15 is 0 Å². The van der Waals surface area contributed by atoms with Gasteiger partial charge in [-0.2, -0.15) is 0 Å². The molecule has 0 aliphatic heterocycles. The minimum absolute atomic E-state index is 0.00220. The van der Waals surface area contributed by atoms with Gasteiger partial charge in [0.25, 0.3) is 0 Å². The van der Waals surface area contributed by atoms with Gasteiger partial charge in [0.05, 0.1) is 12.1 Å². The molecular weight excluding hydrogens is 206 g/mol. The first-order valence-electron chi connectivity index (χ1n) is 5.84. The summed E-state index contributed by atoms with van der Waals surface area (Å²) in [5.74, 6) is -0.436. The van der Waals surface area contributed by atoms with E-state index < -0.39 is 5.54 Å². The molecule has 0 bridgehead atoms. The fourth-order valence-corrected chi connectivity index (χ4v) is 1.23. The van der Waals surface area contributed by atoms with Crippen LogP contribution in [-0.2, 0) is 9.59 Å². The van der Waals surface area contributed by atoms with Crippen LogP contribution in [0.2, 0.25) is 0 Å². The Balaban J connectivity index is 4.01. The van der Waals surface area contributed by atoms with Crippen molar-refractivity contribution in [1.29, 1.82) is 0 Å². The Hall–Kier alpha value is -1.10. The van der Waals surface area contributed by atoms with E-state index in [0.29, 0.717) is 19.4 Å². The second-order valence-corrected chi connectivity index (χ2v) is 3.90. The fourth-order valence-electron chi connectivity index (χ4n) is 1.23. The lowest BCUT2D eigenvalue weighted by Gasteiger charge is -2.24. The van der Waals surface area contributed by atoms with Crippen LogP contribution >= 0.6 is 0 Å². The number of carbonyl (C=O) groups excluding carboxylic acids is 2. The van der Waals surface area contributed by atoms with Crippen molar-refractivity contribution >= 4 is 11.8 Å². The number of rotatable bonds is 7. The van der Waals surface area contributed by atoms with Crippen LogP contribution in [0, 0.1) is 0 Å². The molecule has 2 amide bonds. The molecule has 0 rings (SSSR count). The Morgan fingerprint density at radius 3 is 2.12 bits per heavy atom. The van der Waals surface area contributed by atoms with E-state index in [1.54, 1.807) is 0 Å². The van der Waals surface area contributed by atoms with Crippen LogP contribution in [0.1, 0.15) is 40.0 Å². The Kier molecular flexibility index (Phi) is 6.72. The molecule has 0 spiro atoms. The highest BCUT2D eigenvalue weighted by atomic mass is 16.2. The molecule has 0 aromatic heterocycles. The smallest absolute Gasteiger partial charge is 0.240 e. The van der Waals surface area contributed by atoms with Gasteiger partial charge in [-0.25, -0.2) is 0 Å². The Bertz CT molecular complexity index is 237. The van der Waals surface area contributed by atoms with Gasteiger partial charge in [0.2, 0.25) is 11.8 Å². The zero-order valence-corrected chi connectivity index (χ0v) is 10.4. The molecule has 0 saturated carbocycles. The average molecular weight is 229 g/mol. The zero-order chi connectivity index (χ0) is 12.6. The highest BCUT2D eigenvalue weighted by Gasteiger charge is 2.29. The van der Waals surface area contributed by atoms with Crippen molar-refractivity contribution < 1.29 is 9.59 Å². The maximum absolute atomic E-state index is 11.7. The molecule has 0 radical (unpaired) electrons. The van der Waals surface area contributed by atoms with E-state index in [1.165, 1.54) is 0 Å². The van der Waals surface area contributed by atoms with Gasteiger partial charge >= 0.3 is 0 Å². The van der Waals surface area contributed by atoms with Crippen molar-refractivity contribution in [3.8, 4) is 0 Å². The molecule has 0 aliphatic carbocycles. The summed E-state index contributed by atoms with van der Waals surface area (Å²) in [6.45, 7) is 6.32. The van der Waals surface area contributed by atoms with Gasteiger partial charge in [-0.3, -0.25) is 9.59 Å². The Labute approximate surface area is 97.2 Å². The molecule has 5 nitrogen and oxygen atoms in total. The number of amides is 2. The van der Waals surface area contributed by atoms with Crippen molar-refractivity contribution in [2.75, 3.05) is 13.1 Å². The van der Waals surface area contributed by atoms with Crippen molar-refractivity contribution in [3.63, 3.8) is 0 Å². The molecule has 16 heavy (non-hydrogen) atoms. The van der Waals surface area contributed by atoms with Crippen LogP contribution < -0.4 is 16.4 Å². The standard InChI is InChI=1S/C11H23N3O2/c1-4-7-13-9(15)8-14-10(16)11(12,5-2)6-3/h4-8,12H2,1-3H3,(H,13,15)(H,14,16). The maximum atomic E-state index is 11.7. The third-order valence-electron chi connectivity index (χ3n) is 2.70. The van der Waals surface area contributed by atoms with Crippen LogP contribution in [0.25, 0.3) is 0 Å². The molecule has 5 heteroatoms. The lowest BCUT2D eigenvalue weighted by atomic mass is 9.93. The summed E-state index contributed by atoms with van der Waals surface area (Å²) in [5.41, 5.74) is 5.03. The number of nitrogens with two attached hydrogens (primary N) is 1. The number of hydrogen-bond acceptors (Lipinski definition) is 3.